The van der Waals surface area contributed by atoms with Gasteiger partial charge in [0.05, 0.1) is 11.1 Å². The van der Waals surface area contributed by atoms with Crippen molar-refractivity contribution in [3.63, 3.8) is 0 Å². The lowest BCUT2D eigenvalue weighted by molar-refractivity contribution is -0.180. The molecule has 2 amide bonds. The smallest absolute Gasteiger partial charge is 0.361 e. The second-order valence-electron chi connectivity index (χ2n) is 3.99. The monoisotopic (exact) mass is 263 g/mol. The van der Waals surface area contributed by atoms with Crippen LogP contribution in [-0.2, 0) is 14.4 Å². The van der Waals surface area contributed by atoms with E-state index < -0.39 is 23.9 Å². The van der Waals surface area contributed by atoms with Crippen molar-refractivity contribution in [2.24, 2.45) is 0 Å². The number of rotatable bonds is 4. The van der Waals surface area contributed by atoms with Crippen LogP contribution >= 0.6 is 0 Å². The molecule has 0 saturated carbocycles. The van der Waals surface area contributed by atoms with Gasteiger partial charge in [-0.25, -0.2) is 4.79 Å². The molecule has 1 atom stereocenters. The Balaban J connectivity index is 2.19. The molecule has 0 aliphatic carbocycles. The van der Waals surface area contributed by atoms with E-state index in [9.17, 15) is 14.4 Å². The first kappa shape index (κ1) is 13.2. The fourth-order valence-electron chi connectivity index (χ4n) is 1.83. The molecule has 0 saturated heterocycles. The van der Waals surface area contributed by atoms with Crippen molar-refractivity contribution in [1.29, 1.82) is 0 Å². The zero-order valence-corrected chi connectivity index (χ0v) is 10.6. The van der Waals surface area contributed by atoms with Crippen molar-refractivity contribution >= 4 is 17.8 Å². The summed E-state index contributed by atoms with van der Waals surface area (Å²) in [6.45, 7) is 1.73. The number of imide groups is 1. The van der Waals surface area contributed by atoms with Crippen LogP contribution in [0.1, 0.15) is 34.1 Å². The second kappa shape index (κ2) is 5.19. The summed E-state index contributed by atoms with van der Waals surface area (Å²) in [6, 6.07) is 6.30. The molecule has 1 aromatic rings. The Morgan fingerprint density at radius 3 is 2.16 bits per heavy atom. The van der Waals surface area contributed by atoms with Gasteiger partial charge in [-0.3, -0.25) is 9.59 Å². The van der Waals surface area contributed by atoms with Gasteiger partial charge in [-0.15, -0.1) is 0 Å². The van der Waals surface area contributed by atoms with E-state index in [1.165, 1.54) is 19.2 Å². The Kier molecular flexibility index (Phi) is 3.62. The summed E-state index contributed by atoms with van der Waals surface area (Å²) >= 11 is 0. The third-order valence-electron chi connectivity index (χ3n) is 2.86. The molecular weight excluding hydrogens is 250 g/mol. The third kappa shape index (κ3) is 2.22. The minimum Gasteiger partial charge on any atom is -0.370 e. The van der Waals surface area contributed by atoms with Gasteiger partial charge in [0.2, 0.25) is 0 Å². The maximum absolute atomic E-state index is 11.9. The standard InChI is InChI=1S/C13H13NO5/c1-3-10(18-2)13(17)19-14-11(15)8-6-4-5-7-9(8)12(14)16/h4-7,10H,3H2,1-2H3. The summed E-state index contributed by atoms with van der Waals surface area (Å²) in [5.41, 5.74) is 0.455. The molecule has 1 unspecified atom stereocenters. The number of hydrogen-bond acceptors (Lipinski definition) is 5. The Morgan fingerprint density at radius 1 is 1.21 bits per heavy atom. The van der Waals surface area contributed by atoms with Crippen LogP contribution in [0.2, 0.25) is 0 Å². The molecule has 0 fully saturated rings. The molecule has 1 heterocycles. The Bertz CT molecular complexity index is 501. The second-order valence-corrected chi connectivity index (χ2v) is 3.99. The van der Waals surface area contributed by atoms with Gasteiger partial charge < -0.3 is 9.57 Å². The van der Waals surface area contributed by atoms with Crippen molar-refractivity contribution in [3.05, 3.63) is 35.4 Å². The number of amides is 2. The Labute approximate surface area is 109 Å². The molecule has 100 valence electrons. The van der Waals surface area contributed by atoms with Crippen LogP contribution in [-0.4, -0.2) is 36.1 Å². The van der Waals surface area contributed by atoms with Gasteiger partial charge in [-0.2, -0.15) is 0 Å². The van der Waals surface area contributed by atoms with Crippen molar-refractivity contribution in [2.75, 3.05) is 7.11 Å². The largest absolute Gasteiger partial charge is 0.370 e. The summed E-state index contributed by atoms with van der Waals surface area (Å²) in [4.78, 5) is 40.4. The molecule has 19 heavy (non-hydrogen) atoms. The number of benzene rings is 1. The number of ether oxygens (including phenoxy) is 1. The maximum atomic E-state index is 11.9. The van der Waals surface area contributed by atoms with Gasteiger partial charge in [-0.1, -0.05) is 24.1 Å². The number of methoxy groups -OCH3 is 1. The lowest BCUT2D eigenvalue weighted by Gasteiger charge is -2.16. The minimum absolute atomic E-state index is 0.228. The number of carbonyl (C=O) groups is 3. The molecule has 0 aromatic heterocycles. The van der Waals surface area contributed by atoms with Crippen LogP contribution in [0, 0.1) is 0 Å². The van der Waals surface area contributed by atoms with Crippen LogP contribution in [0.4, 0.5) is 0 Å². The number of hydrogen-bond donors (Lipinski definition) is 0. The van der Waals surface area contributed by atoms with E-state index in [1.807, 2.05) is 0 Å². The Hall–Kier alpha value is -2.21. The number of fused-ring (bicyclic) bond motifs is 1. The van der Waals surface area contributed by atoms with Crippen molar-refractivity contribution in [1.82, 2.24) is 5.06 Å². The Morgan fingerprint density at radius 2 is 1.74 bits per heavy atom. The van der Waals surface area contributed by atoms with E-state index in [4.69, 9.17) is 9.57 Å². The molecule has 1 aliphatic rings. The fraction of sp³-hybridized carbons (Fsp3) is 0.308. The van der Waals surface area contributed by atoms with Gasteiger partial charge >= 0.3 is 5.97 Å². The fourth-order valence-corrected chi connectivity index (χ4v) is 1.83. The molecule has 0 radical (unpaired) electrons. The third-order valence-corrected chi connectivity index (χ3v) is 2.86. The number of hydroxylamine groups is 2. The van der Waals surface area contributed by atoms with Crippen LogP contribution in [0.25, 0.3) is 0 Å². The molecule has 1 aliphatic heterocycles. The van der Waals surface area contributed by atoms with Gasteiger partial charge in [0.15, 0.2) is 6.10 Å². The first-order valence-electron chi connectivity index (χ1n) is 5.82. The molecule has 6 nitrogen and oxygen atoms in total. The molecule has 0 bridgehead atoms. The molecule has 6 heteroatoms. The highest BCUT2D eigenvalue weighted by Gasteiger charge is 2.39. The van der Waals surface area contributed by atoms with Crippen LogP contribution in [0.15, 0.2) is 24.3 Å². The predicted octanol–water partition coefficient (Wildman–Crippen LogP) is 1.17. The SMILES string of the molecule is CCC(OC)C(=O)ON1C(=O)c2ccccc2C1=O. The zero-order chi connectivity index (χ0) is 14.0. The van der Waals surface area contributed by atoms with Crippen molar-refractivity contribution < 1.29 is 24.0 Å². The molecule has 0 spiro atoms. The highest BCUT2D eigenvalue weighted by molar-refractivity contribution is 6.20. The van der Waals surface area contributed by atoms with E-state index in [-0.39, 0.29) is 11.1 Å². The minimum atomic E-state index is -0.802. The lowest BCUT2D eigenvalue weighted by atomic mass is 10.1. The van der Waals surface area contributed by atoms with E-state index in [0.29, 0.717) is 11.5 Å². The van der Waals surface area contributed by atoms with Gasteiger partial charge in [0, 0.05) is 7.11 Å². The van der Waals surface area contributed by atoms with E-state index in [2.05, 4.69) is 0 Å². The molecule has 2 rings (SSSR count). The number of carbonyl (C=O) groups excluding carboxylic acids is 3. The summed E-state index contributed by atoms with van der Waals surface area (Å²) in [5.74, 6) is -2.04. The van der Waals surface area contributed by atoms with Gasteiger partial charge in [0.25, 0.3) is 11.8 Å². The summed E-state index contributed by atoms with van der Waals surface area (Å²) < 4.78 is 4.90. The summed E-state index contributed by atoms with van der Waals surface area (Å²) in [5, 5.41) is 0.481. The number of nitrogens with zero attached hydrogens (tertiary/aromatic N) is 1. The molecule has 0 N–H and O–H groups in total. The first-order chi connectivity index (χ1) is 9.10. The molecular formula is C13H13NO5. The van der Waals surface area contributed by atoms with E-state index >= 15 is 0 Å². The summed E-state index contributed by atoms with van der Waals surface area (Å²) in [7, 11) is 1.36. The van der Waals surface area contributed by atoms with E-state index in [0.717, 1.165) is 0 Å². The normalized spacial score (nSPS) is 15.4. The zero-order valence-electron chi connectivity index (χ0n) is 10.6. The van der Waals surface area contributed by atoms with Crippen molar-refractivity contribution in [2.45, 2.75) is 19.4 Å². The summed E-state index contributed by atoms with van der Waals surface area (Å²) in [6.07, 6.45) is -0.414. The van der Waals surface area contributed by atoms with E-state index in [1.54, 1.807) is 19.1 Å². The highest BCUT2D eigenvalue weighted by atomic mass is 16.7. The predicted molar refractivity (Wildman–Crippen MR) is 64.1 cm³/mol. The first-order valence-corrected chi connectivity index (χ1v) is 5.82. The van der Waals surface area contributed by atoms with Crippen LogP contribution in [0.3, 0.4) is 0 Å². The topological polar surface area (TPSA) is 72.9 Å². The highest BCUT2D eigenvalue weighted by Crippen LogP contribution is 2.23. The maximum Gasteiger partial charge on any atom is 0.361 e. The van der Waals surface area contributed by atoms with Gasteiger partial charge in [0.1, 0.15) is 0 Å². The average Bonchev–Trinajstić information content (AvgIpc) is 2.66. The lowest BCUT2D eigenvalue weighted by Crippen LogP contribution is -2.37. The van der Waals surface area contributed by atoms with Crippen LogP contribution < -0.4 is 0 Å². The van der Waals surface area contributed by atoms with Crippen LogP contribution in [0.5, 0.6) is 0 Å². The van der Waals surface area contributed by atoms with Gasteiger partial charge in [-0.05, 0) is 18.6 Å². The van der Waals surface area contributed by atoms with Crippen molar-refractivity contribution in [3.8, 4) is 0 Å². The average molecular weight is 263 g/mol. The quantitative estimate of drug-likeness (QED) is 0.762. The molecule has 1 aromatic carbocycles.